The molecule has 0 spiro atoms. The first kappa shape index (κ1) is 10.8. The van der Waals surface area contributed by atoms with Crippen molar-refractivity contribution in [2.75, 3.05) is 13.2 Å². The predicted molar refractivity (Wildman–Crippen MR) is 57.2 cm³/mol. The van der Waals surface area contributed by atoms with Crippen LogP contribution in [0, 0.1) is 11.3 Å². The van der Waals surface area contributed by atoms with E-state index in [0.717, 1.165) is 6.42 Å². The van der Waals surface area contributed by atoms with E-state index < -0.39 is 6.10 Å². The lowest BCUT2D eigenvalue weighted by atomic mass is 10.1. The molecule has 0 amide bonds. The van der Waals surface area contributed by atoms with Crippen molar-refractivity contribution < 1.29 is 14.6 Å². The average Bonchev–Trinajstić information content (AvgIpc) is 2.53. The van der Waals surface area contributed by atoms with Crippen molar-refractivity contribution >= 4 is 0 Å². The minimum absolute atomic E-state index is 0.0830. The Hall–Kier alpha value is -1.73. The fourth-order valence-electron chi connectivity index (χ4n) is 1.59. The van der Waals surface area contributed by atoms with Gasteiger partial charge in [-0.15, -0.1) is 0 Å². The summed E-state index contributed by atoms with van der Waals surface area (Å²) in [5.41, 5.74) is 0.686. The zero-order valence-corrected chi connectivity index (χ0v) is 8.85. The van der Waals surface area contributed by atoms with Crippen molar-refractivity contribution in [3.8, 4) is 17.6 Å². The van der Waals surface area contributed by atoms with Crippen LogP contribution in [0.15, 0.2) is 18.2 Å². The monoisotopic (exact) mass is 219 g/mol. The Kier molecular flexibility index (Phi) is 3.28. The molecule has 0 saturated carbocycles. The number of rotatable bonds is 2. The van der Waals surface area contributed by atoms with Gasteiger partial charge in [-0.25, -0.2) is 0 Å². The van der Waals surface area contributed by atoms with Crippen LogP contribution in [0.25, 0.3) is 0 Å². The van der Waals surface area contributed by atoms with Gasteiger partial charge in [0.05, 0.1) is 31.8 Å². The summed E-state index contributed by atoms with van der Waals surface area (Å²) in [4.78, 5) is 0. The summed E-state index contributed by atoms with van der Waals surface area (Å²) in [6.07, 6.45) is 0.173. The lowest BCUT2D eigenvalue weighted by Crippen LogP contribution is -1.98. The highest BCUT2D eigenvalue weighted by Gasteiger charge is 2.14. The number of benzene rings is 1. The highest BCUT2D eigenvalue weighted by molar-refractivity contribution is 5.44. The van der Waals surface area contributed by atoms with Crippen LogP contribution in [0.5, 0.6) is 11.5 Å². The lowest BCUT2D eigenvalue weighted by Gasteiger charge is -2.11. The third kappa shape index (κ3) is 2.26. The van der Waals surface area contributed by atoms with Gasteiger partial charge in [0.2, 0.25) is 0 Å². The smallest absolute Gasteiger partial charge is 0.161 e. The molecule has 4 nitrogen and oxygen atoms in total. The maximum absolute atomic E-state index is 9.67. The number of ether oxygens (including phenoxy) is 2. The number of fused-ring (bicyclic) bond motifs is 1. The maximum Gasteiger partial charge on any atom is 0.161 e. The van der Waals surface area contributed by atoms with Gasteiger partial charge in [-0.2, -0.15) is 5.26 Å². The zero-order valence-electron chi connectivity index (χ0n) is 8.85. The van der Waals surface area contributed by atoms with Crippen LogP contribution in [0.3, 0.4) is 0 Å². The van der Waals surface area contributed by atoms with E-state index in [1.165, 1.54) is 0 Å². The second-order valence-corrected chi connectivity index (χ2v) is 3.63. The van der Waals surface area contributed by atoms with Crippen LogP contribution in [-0.4, -0.2) is 18.3 Å². The van der Waals surface area contributed by atoms with Gasteiger partial charge in [-0.1, -0.05) is 6.07 Å². The molecule has 1 atom stereocenters. The Bertz CT molecular complexity index is 411. The molecule has 0 saturated heterocycles. The fraction of sp³-hybridized carbons (Fsp3) is 0.417. The lowest BCUT2D eigenvalue weighted by molar-refractivity contribution is 0.182. The van der Waals surface area contributed by atoms with Crippen molar-refractivity contribution in [2.24, 2.45) is 0 Å². The third-order valence-electron chi connectivity index (χ3n) is 2.44. The normalized spacial score (nSPS) is 16.0. The molecule has 0 aromatic heterocycles. The van der Waals surface area contributed by atoms with Gasteiger partial charge in [-0.3, -0.25) is 0 Å². The van der Waals surface area contributed by atoms with E-state index in [1.807, 2.05) is 6.07 Å². The van der Waals surface area contributed by atoms with Crippen molar-refractivity contribution in [2.45, 2.75) is 18.9 Å². The standard InChI is InChI=1S/C12H13NO3/c13-5-4-10(14)9-2-3-11-12(8-9)16-7-1-6-15-11/h2-3,8,10,14H,1,4,6-7H2. The maximum atomic E-state index is 9.67. The predicted octanol–water partition coefficient (Wildman–Crippen LogP) is 1.79. The summed E-state index contributed by atoms with van der Waals surface area (Å²) in [5, 5.41) is 18.2. The Morgan fingerprint density at radius 3 is 2.81 bits per heavy atom. The van der Waals surface area contributed by atoms with Crippen molar-refractivity contribution in [3.63, 3.8) is 0 Å². The number of nitriles is 1. The van der Waals surface area contributed by atoms with Gasteiger partial charge in [0, 0.05) is 6.42 Å². The Labute approximate surface area is 94.0 Å². The Balaban J connectivity index is 2.24. The molecule has 84 valence electrons. The zero-order chi connectivity index (χ0) is 11.4. The molecule has 1 N–H and O–H groups in total. The summed E-state index contributed by atoms with van der Waals surface area (Å²) < 4.78 is 11.0. The van der Waals surface area contributed by atoms with Crippen molar-refractivity contribution in [1.29, 1.82) is 5.26 Å². The van der Waals surface area contributed by atoms with E-state index in [0.29, 0.717) is 30.3 Å². The summed E-state index contributed by atoms with van der Waals surface area (Å²) in [7, 11) is 0. The first-order valence-corrected chi connectivity index (χ1v) is 5.26. The largest absolute Gasteiger partial charge is 0.490 e. The van der Waals surface area contributed by atoms with Crippen LogP contribution < -0.4 is 9.47 Å². The minimum atomic E-state index is -0.762. The van der Waals surface area contributed by atoms with Crippen LogP contribution in [0.2, 0.25) is 0 Å². The average molecular weight is 219 g/mol. The van der Waals surface area contributed by atoms with Crippen LogP contribution in [-0.2, 0) is 0 Å². The second-order valence-electron chi connectivity index (χ2n) is 3.63. The topological polar surface area (TPSA) is 62.5 Å². The molecule has 1 heterocycles. The first-order valence-electron chi connectivity index (χ1n) is 5.26. The van der Waals surface area contributed by atoms with Crippen molar-refractivity contribution in [1.82, 2.24) is 0 Å². The fourth-order valence-corrected chi connectivity index (χ4v) is 1.59. The van der Waals surface area contributed by atoms with Gasteiger partial charge >= 0.3 is 0 Å². The van der Waals surface area contributed by atoms with E-state index in [9.17, 15) is 5.11 Å². The molecule has 2 rings (SSSR count). The molecule has 0 fully saturated rings. The number of aliphatic hydroxyl groups is 1. The van der Waals surface area contributed by atoms with E-state index in [4.69, 9.17) is 14.7 Å². The number of aliphatic hydroxyl groups excluding tert-OH is 1. The SMILES string of the molecule is N#CCC(O)c1ccc2c(c1)OCCCO2. The number of hydrogen-bond donors (Lipinski definition) is 1. The van der Waals surface area contributed by atoms with Gasteiger partial charge in [0.25, 0.3) is 0 Å². The van der Waals surface area contributed by atoms with Crippen LogP contribution in [0.4, 0.5) is 0 Å². The molecule has 4 heteroatoms. The first-order chi connectivity index (χ1) is 7.81. The highest BCUT2D eigenvalue weighted by atomic mass is 16.5. The highest BCUT2D eigenvalue weighted by Crippen LogP contribution is 2.32. The number of nitrogens with zero attached hydrogens (tertiary/aromatic N) is 1. The van der Waals surface area contributed by atoms with E-state index in [2.05, 4.69) is 0 Å². The molecule has 0 bridgehead atoms. The van der Waals surface area contributed by atoms with Gasteiger partial charge < -0.3 is 14.6 Å². The van der Waals surface area contributed by atoms with Gasteiger partial charge in [-0.05, 0) is 17.7 Å². The Morgan fingerprint density at radius 2 is 2.06 bits per heavy atom. The van der Waals surface area contributed by atoms with Gasteiger partial charge in [0.1, 0.15) is 0 Å². The summed E-state index contributed by atoms with van der Waals surface area (Å²) in [6.45, 7) is 1.26. The summed E-state index contributed by atoms with van der Waals surface area (Å²) >= 11 is 0. The molecule has 1 aliphatic heterocycles. The van der Waals surface area contributed by atoms with E-state index in [1.54, 1.807) is 18.2 Å². The molecule has 1 aliphatic rings. The summed E-state index contributed by atoms with van der Waals surface area (Å²) in [6, 6.07) is 7.21. The minimum Gasteiger partial charge on any atom is -0.490 e. The molecular formula is C12H13NO3. The molecule has 1 unspecified atom stereocenters. The van der Waals surface area contributed by atoms with E-state index in [-0.39, 0.29) is 6.42 Å². The molecule has 1 aromatic carbocycles. The molecular weight excluding hydrogens is 206 g/mol. The van der Waals surface area contributed by atoms with Crippen LogP contribution in [0.1, 0.15) is 24.5 Å². The molecule has 1 aromatic rings. The molecule has 0 aliphatic carbocycles. The molecule has 16 heavy (non-hydrogen) atoms. The number of hydrogen-bond acceptors (Lipinski definition) is 4. The van der Waals surface area contributed by atoms with Gasteiger partial charge in [0.15, 0.2) is 11.5 Å². The van der Waals surface area contributed by atoms with Crippen molar-refractivity contribution in [3.05, 3.63) is 23.8 Å². The van der Waals surface area contributed by atoms with Crippen LogP contribution >= 0.6 is 0 Å². The Morgan fingerprint density at radius 1 is 1.31 bits per heavy atom. The third-order valence-corrected chi connectivity index (χ3v) is 2.44. The second kappa shape index (κ2) is 4.86. The molecule has 0 radical (unpaired) electrons. The van der Waals surface area contributed by atoms with E-state index >= 15 is 0 Å². The quantitative estimate of drug-likeness (QED) is 0.823. The summed E-state index contributed by atoms with van der Waals surface area (Å²) in [5.74, 6) is 1.34.